The summed E-state index contributed by atoms with van der Waals surface area (Å²) in [6.07, 6.45) is 1.26. The van der Waals surface area contributed by atoms with Crippen molar-refractivity contribution >= 4 is 23.5 Å². The van der Waals surface area contributed by atoms with Crippen LogP contribution in [0.5, 0.6) is 0 Å². The first-order chi connectivity index (χ1) is 13.0. The lowest BCUT2D eigenvalue weighted by molar-refractivity contribution is -0.144. The molecule has 1 aliphatic rings. The van der Waals surface area contributed by atoms with Gasteiger partial charge in [0.25, 0.3) is 11.8 Å². The highest BCUT2D eigenvalue weighted by Crippen LogP contribution is 2.25. The highest BCUT2D eigenvalue weighted by molar-refractivity contribution is 6.04. The highest BCUT2D eigenvalue weighted by atomic mass is 16.4. The molecule has 0 bridgehead atoms. The maximum Gasteiger partial charge on any atom is 0.326 e. The van der Waals surface area contributed by atoms with E-state index in [1.807, 2.05) is 13.0 Å². The van der Waals surface area contributed by atoms with Crippen LogP contribution in [-0.2, 0) is 4.79 Å². The number of nitrogens with one attached hydrogen (secondary N) is 1. The van der Waals surface area contributed by atoms with Gasteiger partial charge in [0, 0.05) is 23.4 Å². The van der Waals surface area contributed by atoms with Crippen LogP contribution in [0, 0.1) is 5.92 Å². The minimum absolute atomic E-state index is 0.231. The quantitative estimate of drug-likeness (QED) is 0.869. The van der Waals surface area contributed by atoms with Gasteiger partial charge < -0.3 is 15.3 Å². The van der Waals surface area contributed by atoms with Gasteiger partial charge in [0.05, 0.1) is 0 Å². The largest absolute Gasteiger partial charge is 0.480 e. The normalized spacial score (nSPS) is 19.4. The molecule has 1 aliphatic heterocycles. The van der Waals surface area contributed by atoms with E-state index >= 15 is 0 Å². The predicted octanol–water partition coefficient (Wildman–Crippen LogP) is 3.26. The fourth-order valence-electron chi connectivity index (χ4n) is 3.27. The lowest BCUT2D eigenvalue weighted by Gasteiger charge is -2.36. The van der Waals surface area contributed by atoms with E-state index in [9.17, 15) is 19.5 Å². The molecule has 1 saturated heterocycles. The van der Waals surface area contributed by atoms with Crippen LogP contribution >= 0.6 is 0 Å². The smallest absolute Gasteiger partial charge is 0.326 e. The van der Waals surface area contributed by atoms with Crippen LogP contribution in [0.3, 0.4) is 0 Å². The molecule has 0 saturated carbocycles. The van der Waals surface area contributed by atoms with E-state index in [1.165, 1.54) is 4.90 Å². The summed E-state index contributed by atoms with van der Waals surface area (Å²) >= 11 is 0. The molecule has 1 fully saturated rings. The topological polar surface area (TPSA) is 86.7 Å². The van der Waals surface area contributed by atoms with Gasteiger partial charge >= 0.3 is 5.97 Å². The summed E-state index contributed by atoms with van der Waals surface area (Å²) in [6.45, 7) is 2.44. The maximum atomic E-state index is 12.8. The number of hydrogen-bond acceptors (Lipinski definition) is 3. The molecule has 0 spiro atoms. The summed E-state index contributed by atoms with van der Waals surface area (Å²) in [6, 6.07) is 14.6. The van der Waals surface area contributed by atoms with Crippen molar-refractivity contribution in [2.24, 2.45) is 5.92 Å². The molecule has 0 aliphatic carbocycles. The third-order valence-electron chi connectivity index (χ3n) is 4.84. The number of piperidine rings is 1. The number of aliphatic carboxylic acids is 1. The number of carbonyl (C=O) groups excluding carboxylic acids is 2. The Balaban J connectivity index is 1.70. The van der Waals surface area contributed by atoms with Crippen LogP contribution in [0.15, 0.2) is 54.6 Å². The van der Waals surface area contributed by atoms with Gasteiger partial charge in [-0.15, -0.1) is 0 Å². The Bertz CT molecular complexity index is 833. The van der Waals surface area contributed by atoms with Gasteiger partial charge in [-0.3, -0.25) is 9.59 Å². The molecule has 6 heteroatoms. The summed E-state index contributed by atoms with van der Waals surface area (Å²) in [5, 5.41) is 12.2. The lowest BCUT2D eigenvalue weighted by atomic mass is 9.92. The van der Waals surface area contributed by atoms with Crippen molar-refractivity contribution in [1.82, 2.24) is 4.90 Å². The second kappa shape index (κ2) is 8.03. The monoisotopic (exact) mass is 366 g/mol. The van der Waals surface area contributed by atoms with Gasteiger partial charge in [-0.2, -0.15) is 0 Å². The molecule has 1 heterocycles. The minimum Gasteiger partial charge on any atom is -0.480 e. The van der Waals surface area contributed by atoms with Crippen molar-refractivity contribution < 1.29 is 19.5 Å². The van der Waals surface area contributed by atoms with Crippen molar-refractivity contribution in [2.75, 3.05) is 11.9 Å². The number of carboxylic acid groups (broad SMARTS) is 1. The average Bonchev–Trinajstić information content (AvgIpc) is 2.68. The highest BCUT2D eigenvalue weighted by Gasteiger charge is 2.35. The van der Waals surface area contributed by atoms with E-state index in [2.05, 4.69) is 5.32 Å². The fraction of sp³-hybridized carbons (Fsp3) is 0.286. The molecular formula is C21H22N2O4. The molecule has 27 heavy (non-hydrogen) atoms. The molecule has 2 aromatic carbocycles. The molecule has 140 valence electrons. The number of anilines is 1. The van der Waals surface area contributed by atoms with Gasteiger partial charge in [0.1, 0.15) is 6.04 Å². The number of carbonyl (C=O) groups is 3. The number of amides is 2. The molecule has 6 nitrogen and oxygen atoms in total. The Labute approximate surface area is 157 Å². The number of benzene rings is 2. The van der Waals surface area contributed by atoms with Gasteiger partial charge in [-0.25, -0.2) is 4.79 Å². The van der Waals surface area contributed by atoms with E-state index in [0.717, 1.165) is 6.42 Å². The van der Waals surface area contributed by atoms with Crippen LogP contribution in [0.1, 0.15) is 40.5 Å². The van der Waals surface area contributed by atoms with Crippen molar-refractivity contribution in [2.45, 2.75) is 25.8 Å². The second-order valence-corrected chi connectivity index (χ2v) is 6.88. The molecule has 0 aromatic heterocycles. The van der Waals surface area contributed by atoms with E-state index in [0.29, 0.717) is 29.8 Å². The van der Waals surface area contributed by atoms with Crippen molar-refractivity contribution in [3.05, 3.63) is 65.7 Å². The van der Waals surface area contributed by atoms with Crippen molar-refractivity contribution in [3.8, 4) is 0 Å². The Kier molecular flexibility index (Phi) is 5.54. The standard InChI is InChI=1S/C21H22N2O4/c1-14-11-12-23(18(13-14)21(26)27)20(25)16-7-9-17(10-8-16)22-19(24)15-5-3-2-4-6-15/h2-10,14,18H,11-13H2,1H3,(H,22,24)(H,26,27). The Morgan fingerprint density at radius 2 is 1.67 bits per heavy atom. The van der Waals surface area contributed by atoms with Crippen LogP contribution < -0.4 is 5.32 Å². The van der Waals surface area contributed by atoms with Crippen molar-refractivity contribution in [3.63, 3.8) is 0 Å². The lowest BCUT2D eigenvalue weighted by Crippen LogP contribution is -2.49. The van der Waals surface area contributed by atoms with Crippen molar-refractivity contribution in [1.29, 1.82) is 0 Å². The summed E-state index contributed by atoms with van der Waals surface area (Å²) in [7, 11) is 0. The SMILES string of the molecule is CC1CCN(C(=O)c2ccc(NC(=O)c3ccccc3)cc2)C(C(=O)O)C1. The number of rotatable bonds is 4. The summed E-state index contributed by atoms with van der Waals surface area (Å²) in [5.74, 6) is -1.21. The zero-order valence-corrected chi connectivity index (χ0v) is 15.1. The summed E-state index contributed by atoms with van der Waals surface area (Å²) < 4.78 is 0. The number of nitrogens with zero attached hydrogens (tertiary/aromatic N) is 1. The summed E-state index contributed by atoms with van der Waals surface area (Å²) in [5.41, 5.74) is 1.53. The van der Waals surface area contributed by atoms with Gasteiger partial charge in [-0.05, 0) is 55.2 Å². The molecule has 2 atom stereocenters. The van der Waals surface area contributed by atoms with E-state index in [-0.39, 0.29) is 17.7 Å². The Hall–Kier alpha value is -3.15. The van der Waals surface area contributed by atoms with Crippen LogP contribution in [-0.4, -0.2) is 40.4 Å². The van der Waals surface area contributed by atoms with Crippen LogP contribution in [0.4, 0.5) is 5.69 Å². The molecule has 0 radical (unpaired) electrons. The van der Waals surface area contributed by atoms with Gasteiger partial charge in [0.15, 0.2) is 0 Å². The number of likely N-dealkylation sites (tertiary alicyclic amines) is 1. The van der Waals surface area contributed by atoms with Crippen LogP contribution in [0.25, 0.3) is 0 Å². The minimum atomic E-state index is -0.971. The third-order valence-corrected chi connectivity index (χ3v) is 4.84. The Morgan fingerprint density at radius 3 is 2.30 bits per heavy atom. The molecule has 3 rings (SSSR count). The predicted molar refractivity (Wildman–Crippen MR) is 102 cm³/mol. The molecular weight excluding hydrogens is 344 g/mol. The maximum absolute atomic E-state index is 12.8. The van der Waals surface area contributed by atoms with E-state index in [1.54, 1.807) is 48.5 Å². The van der Waals surface area contributed by atoms with E-state index in [4.69, 9.17) is 0 Å². The zero-order valence-electron chi connectivity index (χ0n) is 15.1. The first kappa shape index (κ1) is 18.6. The summed E-state index contributed by atoms with van der Waals surface area (Å²) in [4.78, 5) is 37.9. The molecule has 2 unspecified atom stereocenters. The van der Waals surface area contributed by atoms with Gasteiger partial charge in [-0.1, -0.05) is 25.1 Å². The van der Waals surface area contributed by atoms with Gasteiger partial charge in [0.2, 0.25) is 0 Å². The molecule has 2 aromatic rings. The number of hydrogen-bond donors (Lipinski definition) is 2. The van der Waals surface area contributed by atoms with Crippen LogP contribution in [0.2, 0.25) is 0 Å². The average molecular weight is 366 g/mol. The molecule has 2 N–H and O–H groups in total. The first-order valence-corrected chi connectivity index (χ1v) is 8.96. The third kappa shape index (κ3) is 4.34. The number of carboxylic acids is 1. The zero-order chi connectivity index (χ0) is 19.4. The fourth-order valence-corrected chi connectivity index (χ4v) is 3.27. The molecule has 2 amide bonds. The Morgan fingerprint density at radius 1 is 1.00 bits per heavy atom. The first-order valence-electron chi connectivity index (χ1n) is 8.96. The van der Waals surface area contributed by atoms with E-state index < -0.39 is 12.0 Å². The second-order valence-electron chi connectivity index (χ2n) is 6.88.